The topological polar surface area (TPSA) is 92.8 Å². The third-order valence-electron chi connectivity index (χ3n) is 3.60. The zero-order valence-corrected chi connectivity index (χ0v) is 15.2. The van der Waals surface area contributed by atoms with Crippen LogP contribution in [0.15, 0.2) is 58.3 Å². The summed E-state index contributed by atoms with van der Waals surface area (Å²) >= 11 is 2.96. The third-order valence-corrected chi connectivity index (χ3v) is 6.03. The van der Waals surface area contributed by atoms with Crippen LogP contribution >= 0.6 is 23.1 Å². The van der Waals surface area contributed by atoms with Crippen molar-refractivity contribution >= 4 is 45.0 Å². The minimum atomic E-state index is -0.262. The van der Waals surface area contributed by atoms with Crippen molar-refractivity contribution in [2.75, 3.05) is 12.4 Å². The van der Waals surface area contributed by atoms with Crippen molar-refractivity contribution in [3.63, 3.8) is 0 Å². The number of H-pyrrole nitrogens is 1. The lowest BCUT2D eigenvalue weighted by Crippen LogP contribution is -2.12. The molecule has 0 atom stereocenters. The predicted molar refractivity (Wildman–Crippen MR) is 101 cm³/mol. The maximum absolute atomic E-state index is 12.8. The summed E-state index contributed by atoms with van der Waals surface area (Å²) in [7, 11) is 1.63. The van der Waals surface area contributed by atoms with Gasteiger partial charge in [-0.1, -0.05) is 35.1 Å². The number of anilines is 1. The lowest BCUT2D eigenvalue weighted by atomic mass is 10.2. The second kappa shape index (κ2) is 7.14. The minimum absolute atomic E-state index is 0.209. The summed E-state index contributed by atoms with van der Waals surface area (Å²) in [5.41, 5.74) is 0. The Kier molecular flexibility index (Phi) is 4.55. The molecule has 0 saturated carbocycles. The van der Waals surface area contributed by atoms with Crippen LogP contribution in [-0.2, 0) is 0 Å². The fourth-order valence-electron chi connectivity index (χ4n) is 2.41. The van der Waals surface area contributed by atoms with Crippen molar-refractivity contribution in [3.8, 4) is 5.75 Å². The number of rotatable bonds is 5. The number of methoxy groups -OCH3 is 1. The van der Waals surface area contributed by atoms with E-state index in [4.69, 9.17) is 4.74 Å². The Labute approximate surface area is 156 Å². The fourth-order valence-corrected chi connectivity index (χ4v) is 4.70. The molecular weight excluding hydrogens is 370 g/mol. The highest BCUT2D eigenvalue weighted by Gasteiger charge is 2.21. The number of tetrazole rings is 1. The average Bonchev–Trinajstić information content (AvgIpc) is 3.30. The molecule has 0 fully saturated rings. The van der Waals surface area contributed by atoms with Crippen LogP contribution in [0.3, 0.4) is 0 Å². The van der Waals surface area contributed by atoms with Gasteiger partial charge in [0.1, 0.15) is 10.6 Å². The summed E-state index contributed by atoms with van der Waals surface area (Å²) in [6, 6.07) is 15.7. The number of ether oxygens (including phenoxy) is 1. The molecule has 130 valence electrons. The number of aromatic nitrogens is 4. The maximum Gasteiger partial charge on any atom is 0.269 e. The quantitative estimate of drug-likeness (QED) is 0.544. The minimum Gasteiger partial charge on any atom is -0.497 e. The predicted octanol–water partition coefficient (Wildman–Crippen LogP) is 3.83. The first kappa shape index (κ1) is 16.6. The van der Waals surface area contributed by atoms with Crippen LogP contribution in [-0.4, -0.2) is 33.6 Å². The van der Waals surface area contributed by atoms with E-state index < -0.39 is 0 Å². The van der Waals surface area contributed by atoms with Crippen LogP contribution in [0.25, 0.3) is 10.1 Å². The Bertz CT molecular complexity index is 1050. The van der Waals surface area contributed by atoms with Gasteiger partial charge < -0.3 is 4.74 Å². The van der Waals surface area contributed by atoms with E-state index >= 15 is 0 Å². The molecule has 0 radical (unpaired) electrons. The SMILES string of the molecule is COc1ccc2sc(C(=O)Nc3nnn[nH]3)c(Sc3ccccc3)c2c1. The molecule has 2 heterocycles. The number of benzene rings is 2. The van der Waals surface area contributed by atoms with Crippen LogP contribution in [0, 0.1) is 0 Å². The molecular formula is C17H13N5O2S2. The van der Waals surface area contributed by atoms with Crippen molar-refractivity contribution in [1.82, 2.24) is 20.6 Å². The largest absolute Gasteiger partial charge is 0.497 e. The van der Waals surface area contributed by atoms with Gasteiger partial charge in [-0.3, -0.25) is 10.1 Å². The normalized spacial score (nSPS) is 10.8. The Morgan fingerprint density at radius 2 is 2.08 bits per heavy atom. The molecule has 7 nitrogen and oxygen atoms in total. The molecule has 26 heavy (non-hydrogen) atoms. The van der Waals surface area contributed by atoms with E-state index in [0.717, 1.165) is 25.6 Å². The number of fused-ring (bicyclic) bond motifs is 1. The molecule has 9 heteroatoms. The van der Waals surface area contributed by atoms with E-state index in [1.165, 1.54) is 11.3 Å². The Morgan fingerprint density at radius 3 is 2.81 bits per heavy atom. The summed E-state index contributed by atoms with van der Waals surface area (Å²) in [4.78, 5) is 15.3. The summed E-state index contributed by atoms with van der Waals surface area (Å²) in [6.07, 6.45) is 0. The number of nitrogens with one attached hydrogen (secondary N) is 2. The second-order valence-corrected chi connectivity index (χ2v) is 7.38. The monoisotopic (exact) mass is 383 g/mol. The van der Waals surface area contributed by atoms with Gasteiger partial charge in [0.15, 0.2) is 0 Å². The van der Waals surface area contributed by atoms with Crippen LogP contribution < -0.4 is 10.1 Å². The molecule has 1 amide bonds. The molecule has 0 bridgehead atoms. The van der Waals surface area contributed by atoms with Crippen LogP contribution in [0.1, 0.15) is 9.67 Å². The highest BCUT2D eigenvalue weighted by molar-refractivity contribution is 7.99. The molecule has 0 aliphatic heterocycles. The van der Waals surface area contributed by atoms with Crippen LogP contribution in [0.4, 0.5) is 5.95 Å². The van der Waals surface area contributed by atoms with E-state index in [2.05, 4.69) is 25.9 Å². The van der Waals surface area contributed by atoms with Gasteiger partial charge in [0.2, 0.25) is 5.95 Å². The second-order valence-electron chi connectivity index (χ2n) is 5.24. The Hall–Kier alpha value is -2.91. The molecule has 4 rings (SSSR count). The number of thiophene rings is 1. The van der Waals surface area contributed by atoms with Crippen molar-refractivity contribution in [2.45, 2.75) is 9.79 Å². The summed E-state index contributed by atoms with van der Waals surface area (Å²) in [5.74, 6) is 0.694. The van der Waals surface area contributed by atoms with E-state index in [9.17, 15) is 4.79 Å². The van der Waals surface area contributed by atoms with Gasteiger partial charge in [0.25, 0.3) is 5.91 Å². The molecule has 0 saturated heterocycles. The first-order chi connectivity index (χ1) is 12.7. The first-order valence-electron chi connectivity index (χ1n) is 7.63. The van der Waals surface area contributed by atoms with Gasteiger partial charge in [0, 0.05) is 19.9 Å². The molecule has 0 aliphatic rings. The number of carbonyl (C=O) groups is 1. The molecule has 0 unspecified atom stereocenters. The molecule has 2 aromatic carbocycles. The molecule has 0 aliphatic carbocycles. The van der Waals surface area contributed by atoms with Gasteiger partial charge in [-0.25, -0.2) is 5.10 Å². The number of carbonyl (C=O) groups excluding carboxylic acids is 1. The number of amides is 1. The van der Waals surface area contributed by atoms with Crippen molar-refractivity contribution < 1.29 is 9.53 Å². The van der Waals surface area contributed by atoms with Crippen LogP contribution in [0.5, 0.6) is 5.75 Å². The number of nitrogens with zero attached hydrogens (tertiary/aromatic N) is 3. The van der Waals surface area contributed by atoms with E-state index in [-0.39, 0.29) is 11.9 Å². The van der Waals surface area contributed by atoms with E-state index in [0.29, 0.717) is 4.88 Å². The Balaban J connectivity index is 1.79. The number of hydrogen-bond donors (Lipinski definition) is 2. The lowest BCUT2D eigenvalue weighted by Gasteiger charge is -2.05. The summed E-state index contributed by atoms with van der Waals surface area (Å²) < 4.78 is 6.35. The van der Waals surface area contributed by atoms with Crippen molar-refractivity contribution in [3.05, 3.63) is 53.4 Å². The van der Waals surface area contributed by atoms with Gasteiger partial charge in [-0.2, -0.15) is 0 Å². The van der Waals surface area contributed by atoms with E-state index in [1.807, 2.05) is 48.5 Å². The standard InChI is InChI=1S/C17H13N5O2S2/c1-24-10-7-8-13-12(9-10)14(25-11-5-3-2-4-6-11)15(26-13)16(23)18-17-19-21-22-20-17/h2-9H,1H3,(H2,18,19,20,21,22,23). The lowest BCUT2D eigenvalue weighted by molar-refractivity contribution is 0.102. The molecule has 0 spiro atoms. The highest BCUT2D eigenvalue weighted by Crippen LogP contribution is 2.43. The fraction of sp³-hybridized carbons (Fsp3) is 0.0588. The first-order valence-corrected chi connectivity index (χ1v) is 9.26. The average molecular weight is 383 g/mol. The Morgan fingerprint density at radius 1 is 1.23 bits per heavy atom. The van der Waals surface area contributed by atoms with E-state index in [1.54, 1.807) is 18.9 Å². The third kappa shape index (κ3) is 3.26. The summed E-state index contributed by atoms with van der Waals surface area (Å²) in [6.45, 7) is 0. The molecule has 2 aromatic heterocycles. The maximum atomic E-state index is 12.8. The zero-order chi connectivity index (χ0) is 17.9. The highest BCUT2D eigenvalue weighted by atomic mass is 32.2. The number of hydrogen-bond acceptors (Lipinski definition) is 7. The van der Waals surface area contributed by atoms with Crippen molar-refractivity contribution in [1.29, 1.82) is 0 Å². The zero-order valence-electron chi connectivity index (χ0n) is 13.6. The number of aromatic amines is 1. The summed E-state index contributed by atoms with van der Waals surface area (Å²) in [5, 5.41) is 16.8. The van der Waals surface area contributed by atoms with Gasteiger partial charge >= 0.3 is 0 Å². The van der Waals surface area contributed by atoms with Gasteiger partial charge in [-0.15, -0.1) is 11.3 Å². The molecule has 2 N–H and O–H groups in total. The molecule has 4 aromatic rings. The van der Waals surface area contributed by atoms with Crippen LogP contribution in [0.2, 0.25) is 0 Å². The van der Waals surface area contributed by atoms with Gasteiger partial charge in [0.05, 0.1) is 7.11 Å². The smallest absolute Gasteiger partial charge is 0.269 e. The van der Waals surface area contributed by atoms with Crippen molar-refractivity contribution in [2.24, 2.45) is 0 Å². The van der Waals surface area contributed by atoms with Gasteiger partial charge in [-0.05, 0) is 40.8 Å².